The van der Waals surface area contributed by atoms with Crippen LogP contribution in [0.5, 0.6) is 0 Å². The molecule has 0 unspecified atom stereocenters. The predicted molar refractivity (Wildman–Crippen MR) is 108 cm³/mol. The highest BCUT2D eigenvalue weighted by Gasteiger charge is 2.29. The Bertz CT molecular complexity index is 700. The molecule has 0 bridgehead atoms. The molecule has 170 valence electrons. The molecule has 13 nitrogen and oxygen atoms in total. The molecule has 2 aliphatic rings. The summed E-state index contributed by atoms with van der Waals surface area (Å²) in [5.74, 6) is -0.584. The number of hydrogen-bond donors (Lipinski definition) is 7. The normalized spacial score (nSPS) is 19.7. The zero-order chi connectivity index (χ0) is 21.6. The quantitative estimate of drug-likeness (QED) is 0.232. The van der Waals surface area contributed by atoms with Gasteiger partial charge in [0, 0.05) is 31.7 Å². The number of nitrogens with one attached hydrogen (secondary N) is 2. The van der Waals surface area contributed by atoms with E-state index < -0.39 is 24.1 Å². The van der Waals surface area contributed by atoms with Gasteiger partial charge >= 0.3 is 11.9 Å². The number of carbonyl (C=O) groups is 2. The van der Waals surface area contributed by atoms with Crippen molar-refractivity contribution in [3.8, 4) is 0 Å². The number of nitrogens with zero attached hydrogens (tertiary/aromatic N) is 3. The summed E-state index contributed by atoms with van der Waals surface area (Å²) < 4.78 is 0. The molecule has 30 heavy (non-hydrogen) atoms. The number of nitrogen functional groups attached to an aromatic ring is 1. The summed E-state index contributed by atoms with van der Waals surface area (Å²) in [6.07, 6.45) is -0.729. The molecule has 1 saturated carbocycles. The maximum atomic E-state index is 9.77. The van der Waals surface area contributed by atoms with Crippen LogP contribution in [0.15, 0.2) is 6.07 Å². The first kappa shape index (κ1) is 25.3. The number of aliphatic hydroxyl groups excluding tert-OH is 2. The van der Waals surface area contributed by atoms with Crippen molar-refractivity contribution in [2.24, 2.45) is 5.92 Å². The largest absolute Gasteiger partial charge is 0.479 e. The third-order valence-corrected chi connectivity index (χ3v) is 4.72. The van der Waals surface area contributed by atoms with Gasteiger partial charge in [-0.3, -0.25) is 0 Å². The van der Waals surface area contributed by atoms with Gasteiger partial charge in [0.2, 0.25) is 5.95 Å². The van der Waals surface area contributed by atoms with E-state index in [1.165, 1.54) is 12.8 Å². The van der Waals surface area contributed by atoms with Crippen molar-refractivity contribution < 1.29 is 35.5 Å². The molecule has 1 aromatic rings. The monoisotopic (exact) mass is 430 g/mol. The molecule has 2 heterocycles. The highest BCUT2D eigenvalue weighted by Crippen LogP contribution is 2.29. The van der Waals surface area contributed by atoms with Crippen LogP contribution >= 0.6 is 0 Å². The number of hydrogen-bond acceptors (Lipinski definition) is 10. The van der Waals surface area contributed by atoms with E-state index in [1.807, 2.05) is 13.1 Å². The SMILES string of the molecule is CN[C@@H]1CCN(c2cc(NCC3CC3)nc(N)n2)C1.O.O=C(O)[C@H](O)[C@@H](O)C(=O)O. The average molecular weight is 430 g/mol. The maximum absolute atomic E-state index is 9.77. The second-order valence-electron chi connectivity index (χ2n) is 7.08. The average Bonchev–Trinajstić information content (AvgIpc) is 3.39. The number of carboxylic acid groups (broad SMARTS) is 2. The number of likely N-dealkylation sites (N-methyl/N-ethyl adjacent to an activating group) is 1. The lowest BCUT2D eigenvalue weighted by atomic mass is 10.2. The first-order valence-electron chi connectivity index (χ1n) is 9.33. The zero-order valence-electron chi connectivity index (χ0n) is 16.7. The van der Waals surface area contributed by atoms with Crippen LogP contribution < -0.4 is 21.3 Å². The molecule has 0 aromatic carbocycles. The van der Waals surface area contributed by atoms with Crippen molar-refractivity contribution in [2.45, 2.75) is 37.5 Å². The standard InChI is InChI=1S/C13H22N6.C4H6O6.H2O/c1-15-10-4-5-19(8-10)12-6-11(17-13(14)18-12)16-7-9-2-3-9;5-1(3(7)8)2(6)4(9)10;/h6,9-10,15H,2-5,7-8H2,1H3,(H3,14,16,17,18);1-2,5-6H,(H,7,8)(H,9,10);1H2/t10-;1-,2-;/m11./s1. The smallest absolute Gasteiger partial charge is 0.335 e. The third kappa shape index (κ3) is 7.59. The maximum Gasteiger partial charge on any atom is 0.335 e. The van der Waals surface area contributed by atoms with E-state index in [0.717, 1.165) is 43.6 Å². The molecule has 2 fully saturated rings. The Morgan fingerprint density at radius 2 is 1.80 bits per heavy atom. The molecule has 0 spiro atoms. The number of rotatable bonds is 8. The fourth-order valence-electron chi connectivity index (χ4n) is 2.75. The Morgan fingerprint density at radius 3 is 2.27 bits per heavy atom. The Hall–Kier alpha value is -2.74. The van der Waals surface area contributed by atoms with Crippen LogP contribution in [0.4, 0.5) is 17.6 Å². The summed E-state index contributed by atoms with van der Waals surface area (Å²) in [6.45, 7) is 2.99. The molecule has 1 aromatic heterocycles. The first-order chi connectivity index (χ1) is 13.7. The van der Waals surface area contributed by atoms with Crippen LogP contribution in [0.25, 0.3) is 0 Å². The van der Waals surface area contributed by atoms with E-state index in [4.69, 9.17) is 26.2 Å². The first-order valence-corrected chi connectivity index (χ1v) is 9.33. The number of carboxylic acids is 2. The molecule has 3 rings (SSSR count). The van der Waals surface area contributed by atoms with Gasteiger partial charge in [0.1, 0.15) is 11.6 Å². The fraction of sp³-hybridized carbons (Fsp3) is 0.647. The summed E-state index contributed by atoms with van der Waals surface area (Å²) >= 11 is 0. The molecule has 10 N–H and O–H groups in total. The van der Waals surface area contributed by atoms with E-state index >= 15 is 0 Å². The molecule has 3 atom stereocenters. The third-order valence-electron chi connectivity index (χ3n) is 4.72. The van der Waals surface area contributed by atoms with Crippen molar-refractivity contribution in [3.05, 3.63) is 6.07 Å². The van der Waals surface area contributed by atoms with Gasteiger partial charge < -0.3 is 47.2 Å². The van der Waals surface area contributed by atoms with Gasteiger partial charge in [0.05, 0.1) is 0 Å². The van der Waals surface area contributed by atoms with Crippen LogP contribution in [0.1, 0.15) is 19.3 Å². The van der Waals surface area contributed by atoms with Gasteiger partial charge in [0.15, 0.2) is 12.2 Å². The van der Waals surface area contributed by atoms with Crippen LogP contribution in [0, 0.1) is 5.92 Å². The minimum Gasteiger partial charge on any atom is -0.479 e. The summed E-state index contributed by atoms with van der Waals surface area (Å²) in [7, 11) is 2.01. The van der Waals surface area contributed by atoms with E-state index in [-0.39, 0.29) is 5.48 Å². The highest BCUT2D eigenvalue weighted by atomic mass is 16.4. The van der Waals surface area contributed by atoms with Crippen LogP contribution in [-0.4, -0.2) is 92.7 Å². The molecular formula is C17H30N6O7. The second kappa shape index (κ2) is 11.4. The summed E-state index contributed by atoms with van der Waals surface area (Å²) in [6, 6.07) is 2.55. The summed E-state index contributed by atoms with van der Waals surface area (Å²) in [5.41, 5.74) is 5.81. The van der Waals surface area contributed by atoms with E-state index in [9.17, 15) is 9.59 Å². The Kier molecular flexibility index (Phi) is 9.65. The predicted octanol–water partition coefficient (Wildman–Crippen LogP) is -2.27. The van der Waals surface area contributed by atoms with E-state index in [0.29, 0.717) is 12.0 Å². The number of aromatic nitrogens is 2. The number of aliphatic hydroxyl groups is 2. The molecular weight excluding hydrogens is 400 g/mol. The zero-order valence-corrected chi connectivity index (χ0v) is 16.7. The lowest BCUT2D eigenvalue weighted by Gasteiger charge is -2.18. The lowest BCUT2D eigenvalue weighted by Crippen LogP contribution is -2.39. The van der Waals surface area contributed by atoms with Gasteiger partial charge in [0.25, 0.3) is 0 Å². The summed E-state index contributed by atoms with van der Waals surface area (Å²) in [5, 5.41) is 39.2. The minimum absolute atomic E-state index is 0. The van der Waals surface area contributed by atoms with Crippen molar-refractivity contribution in [3.63, 3.8) is 0 Å². The summed E-state index contributed by atoms with van der Waals surface area (Å²) in [4.78, 5) is 30.4. The molecule has 1 saturated heterocycles. The van der Waals surface area contributed by atoms with Gasteiger partial charge in [-0.2, -0.15) is 9.97 Å². The molecule has 13 heteroatoms. The van der Waals surface area contributed by atoms with Crippen LogP contribution in [-0.2, 0) is 9.59 Å². The van der Waals surface area contributed by atoms with Gasteiger partial charge in [-0.1, -0.05) is 0 Å². The van der Waals surface area contributed by atoms with Crippen LogP contribution in [0.2, 0.25) is 0 Å². The van der Waals surface area contributed by atoms with Gasteiger partial charge in [-0.15, -0.1) is 0 Å². The van der Waals surface area contributed by atoms with E-state index in [2.05, 4.69) is 25.5 Å². The van der Waals surface area contributed by atoms with Crippen molar-refractivity contribution in [1.29, 1.82) is 0 Å². The number of anilines is 3. The second-order valence-corrected chi connectivity index (χ2v) is 7.08. The highest BCUT2D eigenvalue weighted by molar-refractivity contribution is 5.83. The molecule has 0 amide bonds. The molecule has 1 aliphatic heterocycles. The lowest BCUT2D eigenvalue weighted by molar-refractivity contribution is -0.165. The minimum atomic E-state index is -2.27. The molecule has 1 aliphatic carbocycles. The van der Waals surface area contributed by atoms with Crippen LogP contribution in [0.3, 0.4) is 0 Å². The molecule has 0 radical (unpaired) electrons. The Labute approximate surface area is 173 Å². The Balaban J connectivity index is 0.000000354. The number of aliphatic carboxylic acids is 2. The van der Waals surface area contributed by atoms with Crippen molar-refractivity contribution in [2.75, 3.05) is 42.6 Å². The topological polar surface area (TPSA) is 226 Å². The van der Waals surface area contributed by atoms with Gasteiger partial charge in [-0.05, 0) is 32.2 Å². The number of nitrogens with two attached hydrogens (primary N) is 1. The van der Waals surface area contributed by atoms with E-state index in [1.54, 1.807) is 0 Å². The van der Waals surface area contributed by atoms with Crippen molar-refractivity contribution in [1.82, 2.24) is 15.3 Å². The van der Waals surface area contributed by atoms with Gasteiger partial charge in [-0.25, -0.2) is 9.59 Å². The van der Waals surface area contributed by atoms with Crippen molar-refractivity contribution >= 4 is 29.5 Å². The fourth-order valence-corrected chi connectivity index (χ4v) is 2.75. The Morgan fingerprint density at radius 1 is 1.20 bits per heavy atom.